The van der Waals surface area contributed by atoms with E-state index in [2.05, 4.69) is 0 Å². The van der Waals surface area contributed by atoms with Gasteiger partial charge in [-0.05, 0) is 19.8 Å². The third kappa shape index (κ3) is 3.87. The summed E-state index contributed by atoms with van der Waals surface area (Å²) in [5.74, 6) is 0.158. The number of cyclic esters (lactones) is 1. The van der Waals surface area contributed by atoms with Crippen LogP contribution in [-0.2, 0) is 19.4 Å². The summed E-state index contributed by atoms with van der Waals surface area (Å²) in [6.07, 6.45) is 0.656. The number of nitrogens with zero attached hydrogens (tertiary/aromatic N) is 2. The highest BCUT2D eigenvalue weighted by atomic mass is 32.2. The topological polar surface area (TPSA) is 84.0 Å². The molecule has 8 heteroatoms. The van der Waals surface area contributed by atoms with Gasteiger partial charge in [0.1, 0.15) is 6.10 Å². The number of sulfone groups is 1. The van der Waals surface area contributed by atoms with Crippen molar-refractivity contribution in [2.45, 2.75) is 38.3 Å². The van der Waals surface area contributed by atoms with Crippen LogP contribution in [0.15, 0.2) is 0 Å². The van der Waals surface area contributed by atoms with E-state index in [0.717, 1.165) is 0 Å². The number of amides is 2. The molecule has 0 aromatic heterocycles. The molecule has 21 heavy (non-hydrogen) atoms. The summed E-state index contributed by atoms with van der Waals surface area (Å²) in [6, 6.07) is -0.207. The zero-order chi connectivity index (χ0) is 15.6. The Morgan fingerprint density at radius 3 is 2.67 bits per heavy atom. The van der Waals surface area contributed by atoms with Gasteiger partial charge in [0.25, 0.3) is 0 Å². The third-order valence-corrected chi connectivity index (χ3v) is 5.80. The molecule has 2 aliphatic heterocycles. The van der Waals surface area contributed by atoms with Gasteiger partial charge in [-0.1, -0.05) is 0 Å². The average Bonchev–Trinajstić information content (AvgIpc) is 2.91. The molecule has 120 valence electrons. The average molecular weight is 318 g/mol. The highest BCUT2D eigenvalue weighted by molar-refractivity contribution is 7.91. The lowest BCUT2D eigenvalue weighted by molar-refractivity contribution is -0.133. The lowest BCUT2D eigenvalue weighted by Crippen LogP contribution is -2.41. The van der Waals surface area contributed by atoms with E-state index in [1.807, 2.05) is 6.92 Å². The van der Waals surface area contributed by atoms with Crippen molar-refractivity contribution in [3.05, 3.63) is 0 Å². The van der Waals surface area contributed by atoms with Gasteiger partial charge in [-0.25, -0.2) is 13.2 Å². The number of carbonyl (C=O) groups is 2. The molecule has 0 radical (unpaired) electrons. The molecule has 0 aromatic carbocycles. The van der Waals surface area contributed by atoms with Gasteiger partial charge in [0.2, 0.25) is 5.91 Å². The Morgan fingerprint density at radius 2 is 2.19 bits per heavy atom. The molecular weight excluding hydrogens is 296 g/mol. The van der Waals surface area contributed by atoms with E-state index >= 15 is 0 Å². The van der Waals surface area contributed by atoms with Crippen LogP contribution in [0.4, 0.5) is 4.79 Å². The van der Waals surface area contributed by atoms with Gasteiger partial charge < -0.3 is 14.5 Å². The second kappa shape index (κ2) is 6.21. The van der Waals surface area contributed by atoms with E-state index in [0.29, 0.717) is 25.9 Å². The van der Waals surface area contributed by atoms with Crippen molar-refractivity contribution in [2.24, 2.45) is 0 Å². The first kappa shape index (κ1) is 16.1. The molecule has 0 bridgehead atoms. The normalized spacial score (nSPS) is 27.7. The molecule has 0 aromatic rings. The molecule has 0 aliphatic carbocycles. The quantitative estimate of drug-likeness (QED) is 0.725. The minimum absolute atomic E-state index is 0.0632. The number of likely N-dealkylation sites (N-methyl/N-ethyl adjacent to an activating group) is 1. The predicted octanol–water partition coefficient (Wildman–Crippen LogP) is 0.253. The molecule has 2 aliphatic rings. The van der Waals surface area contributed by atoms with Crippen LogP contribution < -0.4 is 0 Å². The van der Waals surface area contributed by atoms with Crippen LogP contribution in [-0.4, -0.2) is 74.0 Å². The summed E-state index contributed by atoms with van der Waals surface area (Å²) in [5, 5.41) is 0. The first-order valence-electron chi connectivity index (χ1n) is 7.24. The maximum Gasteiger partial charge on any atom is 0.409 e. The fourth-order valence-electron chi connectivity index (χ4n) is 2.89. The Labute approximate surface area is 125 Å². The van der Waals surface area contributed by atoms with Crippen molar-refractivity contribution < 1.29 is 22.7 Å². The van der Waals surface area contributed by atoms with Crippen molar-refractivity contribution in [1.29, 1.82) is 0 Å². The van der Waals surface area contributed by atoms with Gasteiger partial charge >= 0.3 is 6.09 Å². The van der Waals surface area contributed by atoms with Crippen LogP contribution in [0, 0.1) is 0 Å². The fourth-order valence-corrected chi connectivity index (χ4v) is 4.62. The Balaban J connectivity index is 1.85. The van der Waals surface area contributed by atoms with Gasteiger partial charge in [0.05, 0.1) is 18.1 Å². The van der Waals surface area contributed by atoms with Crippen LogP contribution in [0.2, 0.25) is 0 Å². The van der Waals surface area contributed by atoms with Crippen molar-refractivity contribution in [3.8, 4) is 0 Å². The minimum atomic E-state index is -3.00. The minimum Gasteiger partial charge on any atom is -0.444 e. The number of rotatable bonds is 5. The molecule has 0 spiro atoms. The van der Waals surface area contributed by atoms with Crippen LogP contribution in [0.25, 0.3) is 0 Å². The number of ether oxygens (including phenoxy) is 1. The van der Waals surface area contributed by atoms with E-state index in [9.17, 15) is 18.0 Å². The second-order valence-corrected chi connectivity index (χ2v) is 7.89. The van der Waals surface area contributed by atoms with Gasteiger partial charge in [-0.15, -0.1) is 0 Å². The van der Waals surface area contributed by atoms with E-state index in [-0.39, 0.29) is 42.1 Å². The van der Waals surface area contributed by atoms with Gasteiger partial charge in [-0.3, -0.25) is 4.79 Å². The highest BCUT2D eigenvalue weighted by Gasteiger charge is 2.34. The number of carbonyl (C=O) groups excluding carboxylic acids is 2. The summed E-state index contributed by atoms with van der Waals surface area (Å²) >= 11 is 0. The van der Waals surface area contributed by atoms with Gasteiger partial charge in [0, 0.05) is 26.1 Å². The predicted molar refractivity (Wildman–Crippen MR) is 76.6 cm³/mol. The summed E-state index contributed by atoms with van der Waals surface area (Å²) in [5.41, 5.74) is 0. The van der Waals surface area contributed by atoms with Crippen LogP contribution in [0.3, 0.4) is 0 Å². The molecular formula is C13H22N2O5S. The summed E-state index contributed by atoms with van der Waals surface area (Å²) in [6.45, 7) is 2.85. The lowest BCUT2D eigenvalue weighted by Gasteiger charge is -2.27. The van der Waals surface area contributed by atoms with Crippen molar-refractivity contribution in [3.63, 3.8) is 0 Å². The Hall–Kier alpha value is -1.31. The summed E-state index contributed by atoms with van der Waals surface area (Å²) in [4.78, 5) is 26.6. The number of hydrogen-bond donors (Lipinski definition) is 0. The molecule has 2 rings (SSSR count). The van der Waals surface area contributed by atoms with Crippen molar-refractivity contribution >= 4 is 21.8 Å². The zero-order valence-electron chi connectivity index (χ0n) is 12.4. The second-order valence-electron chi connectivity index (χ2n) is 5.66. The van der Waals surface area contributed by atoms with E-state index in [4.69, 9.17) is 4.74 Å². The van der Waals surface area contributed by atoms with Crippen LogP contribution in [0.5, 0.6) is 0 Å². The van der Waals surface area contributed by atoms with E-state index in [1.54, 1.807) is 11.9 Å². The first-order valence-corrected chi connectivity index (χ1v) is 9.06. The highest BCUT2D eigenvalue weighted by Crippen LogP contribution is 2.20. The SMILES string of the molecule is CCN(C(=O)CCC1CN(C)C(=O)O1)C1CCS(=O)(=O)C1. The monoisotopic (exact) mass is 318 g/mol. The maximum absolute atomic E-state index is 12.3. The Morgan fingerprint density at radius 1 is 1.48 bits per heavy atom. The van der Waals surface area contributed by atoms with Crippen LogP contribution >= 0.6 is 0 Å². The van der Waals surface area contributed by atoms with Crippen molar-refractivity contribution in [2.75, 3.05) is 31.6 Å². The smallest absolute Gasteiger partial charge is 0.409 e. The molecule has 2 heterocycles. The largest absolute Gasteiger partial charge is 0.444 e. The molecule has 2 atom stereocenters. The lowest BCUT2D eigenvalue weighted by atomic mass is 10.1. The maximum atomic E-state index is 12.3. The molecule has 0 saturated carbocycles. The molecule has 2 amide bonds. The molecule has 2 fully saturated rings. The van der Waals surface area contributed by atoms with Gasteiger partial charge in [0.15, 0.2) is 9.84 Å². The fraction of sp³-hybridized carbons (Fsp3) is 0.846. The first-order chi connectivity index (χ1) is 9.82. The van der Waals surface area contributed by atoms with Crippen LogP contribution in [0.1, 0.15) is 26.2 Å². The van der Waals surface area contributed by atoms with Crippen molar-refractivity contribution in [1.82, 2.24) is 9.80 Å². The zero-order valence-corrected chi connectivity index (χ0v) is 13.3. The molecule has 7 nitrogen and oxygen atoms in total. The van der Waals surface area contributed by atoms with E-state index < -0.39 is 9.84 Å². The Bertz CT molecular complexity index is 519. The van der Waals surface area contributed by atoms with E-state index in [1.165, 1.54) is 4.90 Å². The summed E-state index contributed by atoms with van der Waals surface area (Å²) in [7, 11) is -1.34. The summed E-state index contributed by atoms with van der Waals surface area (Å²) < 4.78 is 28.2. The standard InChI is InChI=1S/C13H22N2O5S/c1-3-15(10-6-7-21(18,19)9-10)12(16)5-4-11-8-14(2)13(17)20-11/h10-11H,3-9H2,1-2H3. The van der Waals surface area contributed by atoms with Gasteiger partial charge in [-0.2, -0.15) is 0 Å². The third-order valence-electron chi connectivity index (χ3n) is 4.05. The molecule has 2 unspecified atom stereocenters. The Kier molecular flexibility index (Phi) is 4.75. The molecule has 0 N–H and O–H groups in total. The number of hydrogen-bond acceptors (Lipinski definition) is 5. The molecule has 2 saturated heterocycles.